The van der Waals surface area contributed by atoms with Gasteiger partial charge in [-0.1, -0.05) is 6.58 Å². The van der Waals surface area contributed by atoms with Crippen molar-refractivity contribution in [3.63, 3.8) is 0 Å². The van der Waals surface area contributed by atoms with Gasteiger partial charge in [0.15, 0.2) is 0 Å². The molecule has 1 aliphatic rings. The number of allylic oxidation sites excluding steroid dienone is 1. The first-order chi connectivity index (χ1) is 6.59. The van der Waals surface area contributed by atoms with Crippen molar-refractivity contribution in [2.45, 2.75) is 13.3 Å². The summed E-state index contributed by atoms with van der Waals surface area (Å²) in [5.74, 6) is 0.528. The van der Waals surface area contributed by atoms with E-state index in [1.165, 1.54) is 4.90 Å². The van der Waals surface area contributed by atoms with Gasteiger partial charge in [0.25, 0.3) is 5.91 Å². The maximum absolute atomic E-state index is 11.8. The molecule has 2 heterocycles. The molecule has 4 heteroatoms. The van der Waals surface area contributed by atoms with E-state index < -0.39 is 0 Å². The third-order valence-electron chi connectivity index (χ3n) is 2.36. The van der Waals surface area contributed by atoms with E-state index in [-0.39, 0.29) is 5.91 Å². The summed E-state index contributed by atoms with van der Waals surface area (Å²) in [7, 11) is 1.71. The van der Waals surface area contributed by atoms with Gasteiger partial charge in [-0.25, -0.2) is 9.97 Å². The van der Waals surface area contributed by atoms with E-state index in [9.17, 15) is 4.79 Å². The average Bonchev–Trinajstić information content (AvgIpc) is 2.16. The van der Waals surface area contributed by atoms with Crippen LogP contribution in [0.25, 0.3) is 0 Å². The highest BCUT2D eigenvalue weighted by atomic mass is 16.2. The van der Waals surface area contributed by atoms with E-state index in [2.05, 4.69) is 16.5 Å². The number of hydrogen-bond acceptors (Lipinski definition) is 3. The molecule has 2 rings (SSSR count). The Morgan fingerprint density at radius 3 is 3.00 bits per heavy atom. The van der Waals surface area contributed by atoms with Gasteiger partial charge in [-0.15, -0.1) is 0 Å². The van der Waals surface area contributed by atoms with Gasteiger partial charge in [-0.05, 0) is 6.92 Å². The van der Waals surface area contributed by atoms with Crippen molar-refractivity contribution in [3.05, 3.63) is 35.6 Å². The van der Waals surface area contributed by atoms with Crippen LogP contribution in [0.3, 0.4) is 0 Å². The molecule has 0 aliphatic carbocycles. The topological polar surface area (TPSA) is 46.1 Å². The van der Waals surface area contributed by atoms with Gasteiger partial charge in [0.2, 0.25) is 0 Å². The molecular formula is C10H11N3O. The van der Waals surface area contributed by atoms with Gasteiger partial charge in [0, 0.05) is 30.9 Å². The minimum absolute atomic E-state index is 0.0956. The first kappa shape index (κ1) is 8.87. The van der Waals surface area contributed by atoms with Gasteiger partial charge < -0.3 is 4.90 Å². The number of rotatable bonds is 0. The van der Waals surface area contributed by atoms with E-state index in [0.717, 1.165) is 11.3 Å². The smallest absolute Gasteiger partial charge is 0.276 e. The van der Waals surface area contributed by atoms with Crippen molar-refractivity contribution < 1.29 is 4.79 Å². The first-order valence-corrected chi connectivity index (χ1v) is 4.38. The molecular weight excluding hydrogens is 178 g/mol. The lowest BCUT2D eigenvalue weighted by atomic mass is 10.0. The fourth-order valence-electron chi connectivity index (χ4n) is 1.45. The summed E-state index contributed by atoms with van der Waals surface area (Å²) in [6.07, 6.45) is 2.35. The molecule has 0 saturated carbocycles. The van der Waals surface area contributed by atoms with Gasteiger partial charge in [-0.3, -0.25) is 4.79 Å². The Balaban J connectivity index is 2.57. The minimum Gasteiger partial charge on any atom is -0.314 e. The molecule has 0 aromatic carbocycles. The highest BCUT2D eigenvalue weighted by molar-refractivity contribution is 5.96. The normalized spacial score (nSPS) is 15.7. The van der Waals surface area contributed by atoms with Gasteiger partial charge in [-0.2, -0.15) is 0 Å². The number of carbonyl (C=O) groups excluding carboxylic acids is 1. The average molecular weight is 189 g/mol. The largest absolute Gasteiger partial charge is 0.314 e. The molecule has 0 fully saturated rings. The fourth-order valence-corrected chi connectivity index (χ4v) is 1.45. The zero-order chi connectivity index (χ0) is 10.3. The lowest BCUT2D eigenvalue weighted by Gasteiger charge is -2.25. The number of aromatic nitrogens is 2. The zero-order valence-corrected chi connectivity index (χ0v) is 8.24. The Kier molecular flexibility index (Phi) is 1.84. The van der Waals surface area contributed by atoms with E-state index in [1.54, 1.807) is 20.2 Å². The SMILES string of the molecule is C=C1Cc2cnc(C)nc2C(=O)N1C. The van der Waals surface area contributed by atoms with E-state index in [0.29, 0.717) is 17.9 Å². The predicted molar refractivity (Wildman–Crippen MR) is 51.7 cm³/mol. The van der Waals surface area contributed by atoms with Crippen molar-refractivity contribution in [2.24, 2.45) is 0 Å². The van der Waals surface area contributed by atoms with Gasteiger partial charge in [0.1, 0.15) is 11.5 Å². The van der Waals surface area contributed by atoms with E-state index in [1.807, 2.05) is 0 Å². The Morgan fingerprint density at radius 1 is 1.57 bits per heavy atom. The van der Waals surface area contributed by atoms with Crippen LogP contribution in [0.5, 0.6) is 0 Å². The molecule has 0 spiro atoms. The third kappa shape index (κ3) is 1.19. The Bertz CT molecular complexity index is 425. The van der Waals surface area contributed by atoms with Crippen molar-refractivity contribution in [3.8, 4) is 0 Å². The maximum Gasteiger partial charge on any atom is 0.276 e. The number of amides is 1. The van der Waals surface area contributed by atoms with Crippen molar-refractivity contribution in [1.29, 1.82) is 0 Å². The molecule has 1 amide bonds. The summed E-state index contributed by atoms with van der Waals surface area (Å²) in [5, 5.41) is 0. The van der Waals surface area contributed by atoms with Crippen molar-refractivity contribution >= 4 is 5.91 Å². The zero-order valence-electron chi connectivity index (χ0n) is 8.24. The highest BCUT2D eigenvalue weighted by Gasteiger charge is 2.25. The molecule has 14 heavy (non-hydrogen) atoms. The second-order valence-electron chi connectivity index (χ2n) is 3.40. The Labute approximate surface area is 82.3 Å². The van der Waals surface area contributed by atoms with Crippen LogP contribution in [0.2, 0.25) is 0 Å². The van der Waals surface area contributed by atoms with Crippen LogP contribution in [0, 0.1) is 6.92 Å². The van der Waals surface area contributed by atoms with Crippen LogP contribution < -0.4 is 0 Å². The van der Waals surface area contributed by atoms with Crippen LogP contribution >= 0.6 is 0 Å². The number of likely N-dealkylation sites (N-methyl/N-ethyl adjacent to an activating group) is 1. The number of hydrogen-bond donors (Lipinski definition) is 0. The molecule has 0 radical (unpaired) electrons. The monoisotopic (exact) mass is 189 g/mol. The molecule has 4 nitrogen and oxygen atoms in total. The van der Waals surface area contributed by atoms with Crippen LogP contribution in [0.15, 0.2) is 18.5 Å². The van der Waals surface area contributed by atoms with Gasteiger partial charge in [0.05, 0.1) is 0 Å². The summed E-state index contributed by atoms with van der Waals surface area (Å²) >= 11 is 0. The molecule has 72 valence electrons. The molecule has 1 aliphatic heterocycles. The molecule has 0 saturated heterocycles. The summed E-state index contributed by atoms with van der Waals surface area (Å²) in [4.78, 5) is 21.5. The summed E-state index contributed by atoms with van der Waals surface area (Å²) in [6.45, 7) is 5.59. The predicted octanol–water partition coefficient (Wildman–Crippen LogP) is 0.927. The van der Waals surface area contributed by atoms with Crippen LogP contribution in [-0.2, 0) is 6.42 Å². The third-order valence-corrected chi connectivity index (χ3v) is 2.36. The molecule has 1 aromatic heterocycles. The fraction of sp³-hybridized carbons (Fsp3) is 0.300. The summed E-state index contributed by atoms with van der Waals surface area (Å²) in [5.41, 5.74) is 2.16. The lowest BCUT2D eigenvalue weighted by Crippen LogP contribution is -2.33. The van der Waals surface area contributed by atoms with Crippen molar-refractivity contribution in [1.82, 2.24) is 14.9 Å². The summed E-state index contributed by atoms with van der Waals surface area (Å²) in [6, 6.07) is 0. The van der Waals surface area contributed by atoms with Crippen LogP contribution in [0.1, 0.15) is 21.9 Å². The second kappa shape index (κ2) is 2.90. The number of aryl methyl sites for hydroxylation is 1. The standard InChI is InChI=1S/C10H11N3O/c1-6-4-8-5-11-7(2)12-9(8)10(14)13(6)3/h5H,1,4H2,2-3H3. The number of carbonyl (C=O) groups is 1. The molecule has 1 aromatic rings. The lowest BCUT2D eigenvalue weighted by molar-refractivity contribution is 0.0816. The van der Waals surface area contributed by atoms with Crippen molar-refractivity contribution in [2.75, 3.05) is 7.05 Å². The van der Waals surface area contributed by atoms with Crippen LogP contribution in [-0.4, -0.2) is 27.8 Å². The maximum atomic E-state index is 11.8. The van der Waals surface area contributed by atoms with E-state index >= 15 is 0 Å². The Hall–Kier alpha value is -1.71. The molecule has 0 atom stereocenters. The first-order valence-electron chi connectivity index (χ1n) is 4.38. The van der Waals surface area contributed by atoms with E-state index in [4.69, 9.17) is 0 Å². The van der Waals surface area contributed by atoms with Crippen LogP contribution in [0.4, 0.5) is 0 Å². The molecule has 0 unspecified atom stereocenters. The molecule has 0 N–H and O–H groups in total. The number of nitrogens with zero attached hydrogens (tertiary/aromatic N) is 3. The summed E-state index contributed by atoms with van der Waals surface area (Å²) < 4.78 is 0. The van der Waals surface area contributed by atoms with Gasteiger partial charge >= 0.3 is 0 Å². The second-order valence-corrected chi connectivity index (χ2v) is 3.40. The number of fused-ring (bicyclic) bond motifs is 1. The molecule has 0 bridgehead atoms. The minimum atomic E-state index is -0.0956. The quantitative estimate of drug-likeness (QED) is 0.609. The highest BCUT2D eigenvalue weighted by Crippen LogP contribution is 2.20. The Morgan fingerprint density at radius 2 is 2.29 bits per heavy atom.